The lowest BCUT2D eigenvalue weighted by Gasteiger charge is -2.15. The Balaban J connectivity index is 1.64. The summed E-state index contributed by atoms with van der Waals surface area (Å²) in [4.78, 5) is 55.1. The van der Waals surface area contributed by atoms with E-state index in [1.807, 2.05) is 0 Å². The van der Waals surface area contributed by atoms with E-state index in [1.54, 1.807) is 55.4 Å². The molecule has 3 aromatic rings. The van der Waals surface area contributed by atoms with Gasteiger partial charge in [-0.3, -0.25) is 19.8 Å². The first kappa shape index (κ1) is 34.3. The molecule has 0 saturated carbocycles. The number of pyridine rings is 1. The summed E-state index contributed by atoms with van der Waals surface area (Å²) in [5.74, 6) is -0.580. The maximum absolute atomic E-state index is 13.3. The molecule has 3 rings (SSSR count). The number of halogens is 1. The summed E-state index contributed by atoms with van der Waals surface area (Å²) in [5, 5.41) is 19.2. The number of hydrogen-bond donors (Lipinski definition) is 6. The zero-order chi connectivity index (χ0) is 32.8. The number of carbonyl (C=O) groups is 4. The third-order valence-electron chi connectivity index (χ3n) is 6.42. The van der Waals surface area contributed by atoms with Gasteiger partial charge < -0.3 is 36.6 Å². The first-order valence-corrected chi connectivity index (χ1v) is 14.6. The van der Waals surface area contributed by atoms with Crippen molar-refractivity contribution in [3.8, 4) is 5.75 Å². The average Bonchev–Trinajstić information content (AvgIpc) is 3.02. The SMILES string of the molecule is CN(C)C(=N)c1ccc(C(=O)Nc2ccc(OCC(=O)NCCCCCCNC(N)=O)cc2C(=O)Nc2ccc(Cl)cn2)cc1. The molecule has 7 N–H and O–H groups in total. The van der Waals surface area contributed by atoms with E-state index < -0.39 is 17.8 Å². The van der Waals surface area contributed by atoms with E-state index in [2.05, 4.69) is 26.3 Å². The second-order valence-corrected chi connectivity index (χ2v) is 10.6. The monoisotopic (exact) mass is 636 g/mol. The van der Waals surface area contributed by atoms with Gasteiger partial charge in [-0.25, -0.2) is 9.78 Å². The molecule has 0 aliphatic rings. The van der Waals surface area contributed by atoms with Crippen LogP contribution >= 0.6 is 11.6 Å². The molecule has 2 aromatic carbocycles. The van der Waals surface area contributed by atoms with Gasteiger partial charge in [0.05, 0.1) is 16.3 Å². The van der Waals surface area contributed by atoms with Crippen molar-refractivity contribution >= 4 is 52.7 Å². The molecule has 0 saturated heterocycles. The quantitative estimate of drug-likeness (QED) is 0.0828. The standard InChI is InChI=1S/C31H37ClN8O5/c1-40(2)28(33)20-7-9-21(10-8-20)29(42)38-25-13-12-23(17-24(25)30(43)39-26-14-11-22(32)18-37-26)45-19-27(41)35-15-5-3-4-6-16-36-31(34)44/h7-14,17-18,33H,3-6,15-16,19H2,1-2H3,(H,35,41)(H,38,42)(H3,34,36,44)(H,37,39,43). The van der Waals surface area contributed by atoms with E-state index in [4.69, 9.17) is 27.5 Å². The van der Waals surface area contributed by atoms with Gasteiger partial charge in [-0.05, 0) is 55.3 Å². The molecule has 0 spiro atoms. The van der Waals surface area contributed by atoms with Crippen LogP contribution in [0.5, 0.6) is 5.75 Å². The van der Waals surface area contributed by atoms with Gasteiger partial charge in [0.15, 0.2) is 6.61 Å². The zero-order valence-corrected chi connectivity index (χ0v) is 25.9. The van der Waals surface area contributed by atoms with Crippen LogP contribution in [-0.2, 0) is 4.79 Å². The molecule has 1 heterocycles. The van der Waals surface area contributed by atoms with E-state index in [1.165, 1.54) is 24.4 Å². The Kier molecular flexibility index (Phi) is 13.1. The number of anilines is 2. The molecular formula is C31H37ClN8O5. The number of hydrogen-bond acceptors (Lipinski definition) is 7. The minimum Gasteiger partial charge on any atom is -0.484 e. The van der Waals surface area contributed by atoms with Crippen LogP contribution in [0.4, 0.5) is 16.3 Å². The number of nitrogens with one attached hydrogen (secondary N) is 5. The molecule has 0 radical (unpaired) electrons. The third kappa shape index (κ3) is 11.4. The van der Waals surface area contributed by atoms with Crippen molar-refractivity contribution in [3.05, 3.63) is 82.5 Å². The lowest BCUT2D eigenvalue weighted by Crippen LogP contribution is -2.30. The molecule has 0 fully saturated rings. The van der Waals surface area contributed by atoms with E-state index >= 15 is 0 Å². The number of primary amides is 1. The van der Waals surface area contributed by atoms with Crippen molar-refractivity contribution in [1.29, 1.82) is 5.41 Å². The largest absolute Gasteiger partial charge is 0.484 e. The van der Waals surface area contributed by atoms with E-state index in [-0.39, 0.29) is 35.3 Å². The predicted molar refractivity (Wildman–Crippen MR) is 173 cm³/mol. The Hall–Kier alpha value is -5.17. The second-order valence-electron chi connectivity index (χ2n) is 10.1. The summed E-state index contributed by atoms with van der Waals surface area (Å²) < 4.78 is 5.64. The molecule has 5 amide bonds. The number of amidine groups is 1. The van der Waals surface area contributed by atoms with Crippen LogP contribution < -0.4 is 31.7 Å². The number of rotatable bonds is 15. The maximum Gasteiger partial charge on any atom is 0.312 e. The predicted octanol–water partition coefficient (Wildman–Crippen LogP) is 3.85. The molecule has 0 atom stereocenters. The van der Waals surface area contributed by atoms with E-state index in [0.717, 1.165) is 25.7 Å². The van der Waals surface area contributed by atoms with Crippen molar-refractivity contribution in [2.45, 2.75) is 25.7 Å². The lowest BCUT2D eigenvalue weighted by molar-refractivity contribution is -0.123. The molecule has 1 aromatic heterocycles. The summed E-state index contributed by atoms with van der Waals surface area (Å²) in [6.07, 6.45) is 4.71. The fraction of sp³-hybridized carbons (Fsp3) is 0.290. The van der Waals surface area contributed by atoms with Gasteiger partial charge in [0, 0.05) is 44.5 Å². The minimum absolute atomic E-state index is 0.0786. The van der Waals surface area contributed by atoms with Gasteiger partial charge in [-0.15, -0.1) is 0 Å². The van der Waals surface area contributed by atoms with Gasteiger partial charge in [0.1, 0.15) is 17.4 Å². The Morgan fingerprint density at radius 3 is 2.16 bits per heavy atom. The zero-order valence-electron chi connectivity index (χ0n) is 25.1. The van der Waals surface area contributed by atoms with Crippen molar-refractivity contribution in [3.63, 3.8) is 0 Å². The van der Waals surface area contributed by atoms with E-state index in [0.29, 0.717) is 35.1 Å². The van der Waals surface area contributed by atoms with Gasteiger partial charge in [0.2, 0.25) is 0 Å². The Bertz CT molecular complexity index is 1500. The first-order valence-electron chi connectivity index (χ1n) is 14.2. The number of carbonyl (C=O) groups excluding carboxylic acids is 4. The fourth-order valence-corrected chi connectivity index (χ4v) is 4.13. The van der Waals surface area contributed by atoms with Gasteiger partial charge in [-0.2, -0.15) is 0 Å². The number of nitrogens with zero attached hydrogens (tertiary/aromatic N) is 2. The molecule has 0 unspecified atom stereocenters. The Morgan fingerprint density at radius 2 is 1.53 bits per heavy atom. The first-order chi connectivity index (χ1) is 21.5. The Labute approximate surface area is 266 Å². The fourth-order valence-electron chi connectivity index (χ4n) is 4.02. The van der Waals surface area contributed by atoms with Crippen molar-refractivity contribution in [2.24, 2.45) is 5.73 Å². The summed E-state index contributed by atoms with van der Waals surface area (Å²) in [6.45, 7) is 0.711. The van der Waals surface area contributed by atoms with Crippen LogP contribution in [0.2, 0.25) is 5.02 Å². The molecule has 13 nitrogen and oxygen atoms in total. The van der Waals surface area contributed by atoms with E-state index in [9.17, 15) is 19.2 Å². The van der Waals surface area contributed by atoms with Crippen LogP contribution in [0.3, 0.4) is 0 Å². The van der Waals surface area contributed by atoms with Crippen molar-refractivity contribution < 1.29 is 23.9 Å². The third-order valence-corrected chi connectivity index (χ3v) is 6.64. The number of amides is 5. The number of aromatic nitrogens is 1. The maximum atomic E-state index is 13.3. The number of ether oxygens (including phenoxy) is 1. The van der Waals surface area contributed by atoms with Crippen LogP contribution in [0.15, 0.2) is 60.8 Å². The number of urea groups is 1. The van der Waals surface area contributed by atoms with Crippen LogP contribution in [0.1, 0.15) is 52.0 Å². The summed E-state index contributed by atoms with van der Waals surface area (Å²) >= 11 is 5.90. The second kappa shape index (κ2) is 17.2. The van der Waals surface area contributed by atoms with Crippen molar-refractivity contribution in [2.75, 3.05) is 44.4 Å². The topological polar surface area (TPSA) is 192 Å². The minimum atomic E-state index is -0.573. The van der Waals surface area contributed by atoms with Crippen LogP contribution in [0.25, 0.3) is 0 Å². The van der Waals surface area contributed by atoms with Crippen LogP contribution in [-0.4, -0.2) is 73.3 Å². The summed E-state index contributed by atoms with van der Waals surface area (Å²) in [7, 11) is 3.52. The van der Waals surface area contributed by atoms with Gasteiger partial charge in [-0.1, -0.05) is 36.6 Å². The van der Waals surface area contributed by atoms with Gasteiger partial charge in [0.25, 0.3) is 17.7 Å². The molecular weight excluding hydrogens is 600 g/mol. The Morgan fingerprint density at radius 1 is 0.867 bits per heavy atom. The average molecular weight is 637 g/mol. The smallest absolute Gasteiger partial charge is 0.312 e. The highest BCUT2D eigenvalue weighted by molar-refractivity contribution is 6.30. The lowest BCUT2D eigenvalue weighted by atomic mass is 10.1. The van der Waals surface area contributed by atoms with Crippen LogP contribution in [0, 0.1) is 5.41 Å². The molecule has 0 bridgehead atoms. The molecule has 45 heavy (non-hydrogen) atoms. The molecule has 0 aliphatic carbocycles. The van der Waals surface area contributed by atoms with Crippen molar-refractivity contribution in [1.82, 2.24) is 20.5 Å². The summed E-state index contributed by atoms with van der Waals surface area (Å²) in [6, 6.07) is 13.6. The number of nitrogens with two attached hydrogens (primary N) is 1. The number of benzene rings is 2. The highest BCUT2D eigenvalue weighted by atomic mass is 35.5. The highest BCUT2D eigenvalue weighted by Gasteiger charge is 2.18. The highest BCUT2D eigenvalue weighted by Crippen LogP contribution is 2.24. The summed E-state index contributed by atoms with van der Waals surface area (Å²) in [5.41, 5.74) is 6.29. The number of unbranched alkanes of at least 4 members (excludes halogenated alkanes) is 3. The molecule has 14 heteroatoms. The molecule has 238 valence electrons. The molecule has 0 aliphatic heterocycles. The van der Waals surface area contributed by atoms with Gasteiger partial charge >= 0.3 is 6.03 Å². The normalized spacial score (nSPS) is 10.4.